The molecule has 2 unspecified atom stereocenters. The molecule has 134 heavy (non-hydrogen) atoms. The Morgan fingerprint density at radius 1 is 0.634 bits per heavy atom. The first-order valence-electron chi connectivity index (χ1n) is 43.1. The quantitative estimate of drug-likeness (QED) is 0.0121. The molecule has 2 amide bonds. The van der Waals surface area contributed by atoms with Gasteiger partial charge < -0.3 is 84.7 Å². The highest BCUT2D eigenvalue weighted by Gasteiger charge is 2.64. The number of aldehydes is 2. The number of hydrazine groups is 1. The smallest absolute Gasteiger partial charge is 0.532 e. The van der Waals surface area contributed by atoms with E-state index >= 15 is 0 Å². The molecule has 14 N–H and O–H groups in total. The molecule has 728 valence electrons. The highest BCUT2D eigenvalue weighted by molar-refractivity contribution is 9.10. The Morgan fingerprint density at radius 3 is 1.47 bits per heavy atom. The van der Waals surface area contributed by atoms with Gasteiger partial charge in [-0.15, -0.1) is 0 Å². The van der Waals surface area contributed by atoms with Crippen LogP contribution in [0.1, 0.15) is 245 Å². The van der Waals surface area contributed by atoms with Crippen molar-refractivity contribution in [3.63, 3.8) is 0 Å². The van der Waals surface area contributed by atoms with Gasteiger partial charge in [-0.3, -0.25) is 29.6 Å². The highest BCUT2D eigenvalue weighted by Crippen LogP contribution is 2.51. The van der Waals surface area contributed by atoms with Gasteiger partial charge in [0.2, 0.25) is 6.04 Å². The number of hydrogen-bond acceptors (Lipinski definition) is 26. The van der Waals surface area contributed by atoms with Crippen molar-refractivity contribution in [3.05, 3.63) is 186 Å². The molecule has 2 aromatic heterocycles. The summed E-state index contributed by atoms with van der Waals surface area (Å²) in [7, 11) is -9.57. The average molecular weight is 2020 g/mol. The van der Waals surface area contributed by atoms with E-state index in [2.05, 4.69) is 165 Å². The van der Waals surface area contributed by atoms with Crippen LogP contribution in [0.3, 0.4) is 0 Å². The predicted molar refractivity (Wildman–Crippen MR) is 534 cm³/mol. The van der Waals surface area contributed by atoms with Crippen molar-refractivity contribution in [2.75, 3.05) is 37.5 Å². The van der Waals surface area contributed by atoms with E-state index in [1.54, 1.807) is 82.6 Å². The zero-order chi connectivity index (χ0) is 101. The summed E-state index contributed by atoms with van der Waals surface area (Å²) in [5.41, 5.74) is 21.0. The number of carbonyl (C=O) groups is 4. The Hall–Kier alpha value is -9.55. The zero-order valence-corrected chi connectivity index (χ0v) is 85.5. The number of allylic oxidation sites excluding steroid dienone is 2. The van der Waals surface area contributed by atoms with Gasteiger partial charge in [-0.05, 0) is 187 Å². The number of hydrazone groups is 1. The van der Waals surface area contributed by atoms with Crippen LogP contribution in [0.4, 0.5) is 17.3 Å². The van der Waals surface area contributed by atoms with E-state index in [1.807, 2.05) is 113 Å². The van der Waals surface area contributed by atoms with Crippen LogP contribution in [0, 0.1) is 64.7 Å². The van der Waals surface area contributed by atoms with E-state index < -0.39 is 46.1 Å². The van der Waals surface area contributed by atoms with Crippen molar-refractivity contribution < 1.29 is 88.6 Å². The van der Waals surface area contributed by atoms with E-state index in [0.717, 1.165) is 54.2 Å². The maximum absolute atomic E-state index is 12.1. The molecule has 0 spiro atoms. The molecule has 6 aliphatic rings. The van der Waals surface area contributed by atoms with Crippen molar-refractivity contribution in [2.24, 2.45) is 55.4 Å². The number of nitrogens with one attached hydrogen (secondary N) is 3. The number of fused-ring (bicyclic) bond motifs is 2. The summed E-state index contributed by atoms with van der Waals surface area (Å²) >= 11 is 6.60. The number of amides is 2. The van der Waals surface area contributed by atoms with E-state index in [-0.39, 0.29) is 133 Å². The first-order chi connectivity index (χ1) is 61.2. The molecule has 8 heterocycles. The molecule has 0 saturated carbocycles. The standard InChI is InChI=1S/C22H26BN5O4.C17H34B2O4.C12H14BBrO2.C12H18N2O2S.C10H13N5O2.C7H5BrO2.C7H10N2O2S.C5H10O.CH4/c1-22(2,3)19-9-14-8-15(4-5-18(14)32-23(19)30)26-21-16(20(25)29)11-28(27-21)17-12-31-7-6-13(17)10-24;1-13(2,3)12(18-20-14(4,5)15(6,7)21-18)19-22-16(8,9)17(10,11)23-19;1-12(2,3)11-7-8-6-9(14)4-5-10(8)16-13(11)15;1-10-5-7-11(8-6-10)17(15,16)14-13-9-12(2,3)4;1-13-7-2-3-17-5-8(7)15-4-6(10(12)16)9(11)14-15;8-6-1-2-7(10)5(3-6)4-9;1-6-2-4-7(5-3-6)12(10,11)9-8;1-5(2,3)4-6;/h4-5,8-9,11,13,17,30H,6-7,12H2,1-3H3,(H2,25,29)(H,26,27);12H,1-11H3;4-7,15H,1-3H3;5-9,14H,1-4H3;4,7-8H,2-3,5H2,(H2,11,14)(H2,12,16);1-4,10H;2-5,9H,8H2,1H3;4H,1-3H3;1H4/t13-,17?;;;;7-,8?;;;;/m1...0..../s1. The lowest BCUT2D eigenvalue weighted by Gasteiger charge is -2.33. The number of hydrogen-bond donors (Lipinski definition) is 10. The van der Waals surface area contributed by atoms with Gasteiger partial charge in [0.15, 0.2) is 17.9 Å². The average Bonchev–Trinajstić information content (AvgIpc) is 1.58. The molecule has 4 atom stereocenters. The molecule has 33 nitrogen and oxygen atoms in total. The molecular formula is C93H134B4Br2N14O19S2. The van der Waals surface area contributed by atoms with Gasteiger partial charge in [-0.25, -0.2) is 19.8 Å². The SMILES string of the molecule is C.CC(C)(C)C(B1OC(C)(C)C(C)(C)O1)B1OC(C)(C)C(C)(C)O1.CC(C)(C)C1=Cc2cc(Br)ccc2OB1O.CC(C)(C)C1=Cc2cc(Nc3nn(C4COCC[C@@H]4C#N)cc3C(N)=O)ccc2OB1O.CC(C)(C)C=O.Cc1ccc(S(=O)(=O)NN)cc1.Cc1ccc(S(=O)(=O)NN=CC(C)(C)C)cc1.O=Cc1cc(Br)ccc1O.[C-]#[N+][C@H]1CCOCC1n1cc(C(N)=O)c(N)n1. The maximum atomic E-state index is 12.1. The van der Waals surface area contributed by atoms with Crippen molar-refractivity contribution in [1.29, 1.82) is 5.26 Å². The third-order valence-electron chi connectivity index (χ3n) is 22.3. The number of carbonyl (C=O) groups excluding carboxylic acids is 4. The Bertz CT molecular complexity index is 5550. The number of nitrogen functional groups attached to an aromatic ring is 1. The fourth-order valence-electron chi connectivity index (χ4n) is 13.1. The summed E-state index contributed by atoms with van der Waals surface area (Å²) in [5, 5.41) is 54.1. The van der Waals surface area contributed by atoms with Gasteiger partial charge in [-0.2, -0.15) is 33.8 Å². The Balaban J connectivity index is 0.000000281. The van der Waals surface area contributed by atoms with Crippen LogP contribution < -0.4 is 47.3 Å². The number of phenolic OH excluding ortho intramolecular Hbond substituents is 1. The summed E-state index contributed by atoms with van der Waals surface area (Å²) in [6.45, 7) is 59.6. The Labute approximate surface area is 809 Å². The lowest BCUT2D eigenvalue weighted by atomic mass is 9.43. The normalized spacial score (nSPS) is 18.6. The molecule has 5 aromatic carbocycles. The van der Waals surface area contributed by atoms with Crippen molar-refractivity contribution in [2.45, 2.75) is 249 Å². The molecule has 4 saturated heterocycles. The van der Waals surface area contributed by atoms with Crippen LogP contribution in [0.25, 0.3) is 17.0 Å². The number of nitriles is 1. The van der Waals surface area contributed by atoms with Crippen LogP contribution in [0.15, 0.2) is 150 Å². The van der Waals surface area contributed by atoms with Gasteiger partial charge in [0.1, 0.15) is 40.7 Å². The number of nitrogens with two attached hydrogens (primary N) is 4. The molecule has 0 radical (unpaired) electrons. The topological polar surface area (TPSA) is 487 Å². The largest absolute Gasteiger partial charge is 0.556 e. The second-order valence-electron chi connectivity index (χ2n) is 39.9. The number of anilines is 3. The lowest BCUT2D eigenvalue weighted by molar-refractivity contribution is -0.113. The summed E-state index contributed by atoms with van der Waals surface area (Å²) in [6.07, 6.45) is 11.3. The molecule has 13 rings (SSSR count). The van der Waals surface area contributed by atoms with E-state index in [0.29, 0.717) is 68.4 Å². The third-order valence-corrected chi connectivity index (χ3v) is 25.7. The number of phenols is 1. The van der Waals surface area contributed by atoms with E-state index in [1.165, 1.54) is 29.1 Å². The number of halogens is 2. The van der Waals surface area contributed by atoms with E-state index in [4.69, 9.17) is 72.1 Å². The molecular weight excluding hydrogens is 1880 g/mol. The number of primary amides is 2. The summed E-state index contributed by atoms with van der Waals surface area (Å²) in [6, 6.07) is 30.5. The van der Waals surface area contributed by atoms with E-state index in [9.17, 15) is 51.3 Å². The Morgan fingerprint density at radius 2 is 1.06 bits per heavy atom. The van der Waals surface area contributed by atoms with Gasteiger partial charge in [0.25, 0.3) is 31.9 Å². The molecule has 4 fully saturated rings. The molecule has 41 heteroatoms. The van der Waals surface area contributed by atoms with Crippen LogP contribution >= 0.6 is 31.9 Å². The second kappa shape index (κ2) is 47.0. The minimum atomic E-state index is -3.55. The number of sulfonamides is 2. The predicted octanol–water partition coefficient (Wildman–Crippen LogP) is 16.2. The number of benzene rings is 5. The third kappa shape index (κ3) is 32.6. The first-order valence-corrected chi connectivity index (χ1v) is 47.6. The molecule has 0 aliphatic carbocycles. The van der Waals surface area contributed by atoms with Gasteiger partial charge in [0, 0.05) is 68.5 Å². The number of nitrogens with zero attached hydrogens (tertiary/aromatic N) is 7. The van der Waals surface area contributed by atoms with Crippen molar-refractivity contribution in [3.8, 4) is 23.3 Å². The molecule has 6 aliphatic heterocycles. The number of ether oxygens (including phenoxy) is 2. The number of aromatic hydroxyl groups is 1. The Kier molecular flexibility index (Phi) is 40.3. The minimum absolute atomic E-state index is 0. The summed E-state index contributed by atoms with van der Waals surface area (Å²) in [5.74, 6) is 5.03. The van der Waals surface area contributed by atoms with Gasteiger partial charge in [-0.1, -0.05) is 191 Å². The van der Waals surface area contributed by atoms with Crippen LogP contribution in [-0.4, -0.2) is 165 Å². The highest BCUT2D eigenvalue weighted by atomic mass is 79.9. The fraction of sp³-hybridized carbons (Fsp3) is 0.495. The van der Waals surface area contributed by atoms with Crippen LogP contribution in [-0.2, 0) is 52.9 Å². The fourth-order valence-corrected chi connectivity index (χ4v) is 15.2. The number of aromatic nitrogens is 4. The number of rotatable bonds is 14. The maximum Gasteiger partial charge on any atom is 0.556 e. The lowest BCUT2D eigenvalue weighted by Crippen LogP contribution is -2.45. The first kappa shape index (κ1) is 115. The van der Waals surface area contributed by atoms with Crippen LogP contribution in [0.2, 0.25) is 5.72 Å². The number of aryl methyl sites for hydroxylation is 2. The zero-order valence-electron chi connectivity index (χ0n) is 80.7. The summed E-state index contributed by atoms with van der Waals surface area (Å²) < 4.78 is 97.9. The monoisotopic (exact) mass is 2020 g/mol. The second-order valence-corrected chi connectivity index (χ2v) is 45.1. The van der Waals surface area contributed by atoms with Crippen molar-refractivity contribution >= 4 is 140 Å². The van der Waals surface area contributed by atoms with Crippen LogP contribution in [0.5, 0.6) is 17.2 Å². The minimum Gasteiger partial charge on any atom is -0.532 e. The van der Waals surface area contributed by atoms with Gasteiger partial charge in [0.05, 0.1) is 75.6 Å². The van der Waals surface area contributed by atoms with Crippen molar-refractivity contribution in [1.82, 2.24) is 29.2 Å². The van der Waals surface area contributed by atoms with Gasteiger partial charge >= 0.3 is 28.5 Å². The molecule has 7 aromatic rings. The summed E-state index contributed by atoms with van der Waals surface area (Å²) in [4.78, 5) is 51.0. The molecule has 0 bridgehead atoms.